The molecule has 0 bridgehead atoms. The Kier molecular flexibility index (Phi) is 6.29. The minimum atomic E-state index is 0.0607. The molecule has 8 heteroatoms. The van der Waals surface area contributed by atoms with Gasteiger partial charge < -0.3 is 9.80 Å². The molecule has 0 N–H and O–H groups in total. The van der Waals surface area contributed by atoms with Gasteiger partial charge in [0.05, 0.1) is 5.69 Å². The molecule has 172 valence electrons. The molecule has 0 aliphatic carbocycles. The summed E-state index contributed by atoms with van der Waals surface area (Å²) >= 11 is 0. The monoisotopic (exact) mass is 453 g/mol. The summed E-state index contributed by atoms with van der Waals surface area (Å²) in [6.07, 6.45) is 6.14. The first-order valence-corrected chi connectivity index (χ1v) is 11.5. The van der Waals surface area contributed by atoms with Gasteiger partial charge in [-0.05, 0) is 67.6 Å². The summed E-state index contributed by atoms with van der Waals surface area (Å²) in [7, 11) is 1.99. The first-order valence-electron chi connectivity index (χ1n) is 11.5. The van der Waals surface area contributed by atoms with Gasteiger partial charge in [0.15, 0.2) is 5.82 Å². The average molecular weight is 454 g/mol. The summed E-state index contributed by atoms with van der Waals surface area (Å²) in [5.74, 6) is 1.24. The minimum absolute atomic E-state index is 0.0607. The number of nitrogens with zero attached hydrogens (tertiary/aromatic N) is 7. The zero-order valence-electron chi connectivity index (χ0n) is 19.2. The van der Waals surface area contributed by atoms with Crippen molar-refractivity contribution < 1.29 is 4.79 Å². The lowest BCUT2D eigenvalue weighted by molar-refractivity contribution is 0.0672. The van der Waals surface area contributed by atoms with Crippen LogP contribution in [0.25, 0.3) is 5.69 Å². The number of hydrogen-bond donors (Lipinski definition) is 0. The smallest absolute Gasteiger partial charge is 0.253 e. The van der Waals surface area contributed by atoms with Crippen molar-refractivity contribution >= 4 is 17.4 Å². The Morgan fingerprint density at radius 1 is 1.00 bits per heavy atom. The van der Waals surface area contributed by atoms with Gasteiger partial charge in [0.2, 0.25) is 0 Å². The van der Waals surface area contributed by atoms with Crippen LogP contribution in [-0.2, 0) is 6.42 Å². The molecule has 1 aliphatic heterocycles. The van der Waals surface area contributed by atoms with E-state index in [1.54, 1.807) is 17.2 Å². The van der Waals surface area contributed by atoms with Gasteiger partial charge in [0, 0.05) is 37.1 Å². The van der Waals surface area contributed by atoms with Gasteiger partial charge in [0.25, 0.3) is 5.91 Å². The minimum Gasteiger partial charge on any atom is -0.338 e. The molecule has 3 heterocycles. The van der Waals surface area contributed by atoms with Crippen molar-refractivity contribution in [2.45, 2.75) is 19.3 Å². The highest BCUT2D eigenvalue weighted by atomic mass is 16.2. The van der Waals surface area contributed by atoms with Crippen LogP contribution in [0.5, 0.6) is 0 Å². The van der Waals surface area contributed by atoms with Gasteiger partial charge in [-0.25, -0.2) is 0 Å². The van der Waals surface area contributed by atoms with Crippen LogP contribution in [0.3, 0.4) is 0 Å². The molecule has 1 aliphatic rings. The number of likely N-dealkylation sites (tertiary alicyclic amines) is 1. The molecule has 1 amide bonds. The maximum absolute atomic E-state index is 13.2. The summed E-state index contributed by atoms with van der Waals surface area (Å²) in [6, 6.07) is 21.8. The van der Waals surface area contributed by atoms with E-state index in [1.165, 1.54) is 0 Å². The highest BCUT2D eigenvalue weighted by Gasteiger charge is 2.25. The number of hydrogen-bond acceptors (Lipinski definition) is 6. The second-order valence-electron chi connectivity index (χ2n) is 8.66. The second-order valence-corrected chi connectivity index (χ2v) is 8.66. The predicted molar refractivity (Wildman–Crippen MR) is 130 cm³/mol. The number of piperidine rings is 1. The predicted octanol–water partition coefficient (Wildman–Crippen LogP) is 3.92. The van der Waals surface area contributed by atoms with Gasteiger partial charge in [-0.3, -0.25) is 9.36 Å². The highest BCUT2D eigenvalue weighted by Crippen LogP contribution is 2.24. The average Bonchev–Trinajstić information content (AvgIpc) is 3.44. The van der Waals surface area contributed by atoms with E-state index in [9.17, 15) is 4.79 Å². The number of benzene rings is 2. The van der Waals surface area contributed by atoms with Gasteiger partial charge in [-0.2, -0.15) is 5.10 Å². The SMILES string of the molecule is CN(c1ccccc1)c1ccc(C[C@H]2CCCN(C(=O)c3cccc(-n4cnnc4)c3)C2)nn1. The molecular weight excluding hydrogens is 426 g/mol. The third kappa shape index (κ3) is 4.80. The number of para-hydroxylation sites is 1. The molecule has 1 saturated heterocycles. The van der Waals surface area contributed by atoms with Crippen LogP contribution in [-0.4, -0.2) is 55.9 Å². The van der Waals surface area contributed by atoms with E-state index < -0.39 is 0 Å². The van der Waals surface area contributed by atoms with E-state index in [-0.39, 0.29) is 5.91 Å². The van der Waals surface area contributed by atoms with Crippen LogP contribution < -0.4 is 4.90 Å². The maximum atomic E-state index is 13.2. The molecule has 1 atom stereocenters. The second kappa shape index (κ2) is 9.82. The molecule has 0 saturated carbocycles. The first kappa shape index (κ1) is 21.8. The Labute approximate surface area is 198 Å². The highest BCUT2D eigenvalue weighted by molar-refractivity contribution is 5.94. The van der Waals surface area contributed by atoms with Crippen LogP contribution in [0.1, 0.15) is 28.9 Å². The number of anilines is 2. The number of rotatable bonds is 6. The van der Waals surface area contributed by atoms with E-state index in [1.807, 2.05) is 83.6 Å². The van der Waals surface area contributed by atoms with E-state index in [2.05, 4.69) is 20.4 Å². The summed E-state index contributed by atoms with van der Waals surface area (Å²) in [5, 5.41) is 16.6. The third-order valence-corrected chi connectivity index (χ3v) is 6.31. The van der Waals surface area contributed by atoms with E-state index >= 15 is 0 Å². The maximum Gasteiger partial charge on any atom is 0.253 e. The van der Waals surface area contributed by atoms with Crippen LogP contribution in [0, 0.1) is 5.92 Å². The Hall–Kier alpha value is -4.07. The number of aromatic nitrogens is 5. The van der Waals surface area contributed by atoms with Crippen molar-refractivity contribution in [1.29, 1.82) is 0 Å². The number of carbonyl (C=O) groups excluding carboxylic acids is 1. The number of amides is 1. The Bertz CT molecular complexity index is 1230. The fourth-order valence-corrected chi connectivity index (χ4v) is 4.45. The molecule has 5 rings (SSSR count). The van der Waals surface area contributed by atoms with Gasteiger partial charge in [-0.15, -0.1) is 15.3 Å². The Morgan fingerprint density at radius 2 is 1.82 bits per heavy atom. The molecule has 4 aromatic rings. The molecule has 0 radical (unpaired) electrons. The lowest BCUT2D eigenvalue weighted by atomic mass is 9.93. The fraction of sp³-hybridized carbons (Fsp3) is 0.269. The third-order valence-electron chi connectivity index (χ3n) is 6.31. The Morgan fingerprint density at radius 3 is 2.59 bits per heavy atom. The topological polar surface area (TPSA) is 80.0 Å². The van der Waals surface area contributed by atoms with Gasteiger partial charge >= 0.3 is 0 Å². The standard InChI is InChI=1S/C26H27N7O/c1-31(23-9-3-2-4-10-23)25-13-12-22(29-30-25)15-20-7-6-14-32(17-20)26(34)21-8-5-11-24(16-21)33-18-27-28-19-33/h2-5,8-13,16,18-20H,6-7,14-15,17H2,1H3/t20-/m1/s1. The van der Waals surface area contributed by atoms with Gasteiger partial charge in [0.1, 0.15) is 12.7 Å². The Balaban J connectivity index is 1.23. The van der Waals surface area contributed by atoms with Crippen LogP contribution in [0.4, 0.5) is 11.5 Å². The largest absolute Gasteiger partial charge is 0.338 e. The van der Waals surface area contributed by atoms with E-state index in [4.69, 9.17) is 0 Å². The lowest BCUT2D eigenvalue weighted by Gasteiger charge is -2.33. The van der Waals surface area contributed by atoms with Crippen molar-refractivity contribution in [3.63, 3.8) is 0 Å². The van der Waals surface area contributed by atoms with Crippen LogP contribution in [0.15, 0.2) is 79.4 Å². The van der Waals surface area contributed by atoms with Crippen molar-refractivity contribution in [3.05, 3.63) is 90.6 Å². The zero-order chi connectivity index (χ0) is 23.3. The summed E-state index contributed by atoms with van der Waals surface area (Å²) in [5.41, 5.74) is 3.58. The normalized spacial score (nSPS) is 15.8. The van der Waals surface area contributed by atoms with Crippen molar-refractivity contribution in [3.8, 4) is 5.69 Å². The molecule has 0 spiro atoms. The fourth-order valence-electron chi connectivity index (χ4n) is 4.45. The molecular formula is C26H27N7O. The summed E-state index contributed by atoms with van der Waals surface area (Å²) in [4.78, 5) is 17.2. The molecule has 2 aromatic heterocycles. The quantitative estimate of drug-likeness (QED) is 0.440. The van der Waals surface area contributed by atoms with Crippen molar-refractivity contribution in [1.82, 2.24) is 29.9 Å². The molecule has 0 unspecified atom stereocenters. The van der Waals surface area contributed by atoms with Crippen LogP contribution >= 0.6 is 0 Å². The van der Waals surface area contributed by atoms with Crippen molar-refractivity contribution in [2.24, 2.45) is 5.92 Å². The first-order chi connectivity index (χ1) is 16.7. The van der Waals surface area contributed by atoms with E-state index in [0.717, 1.165) is 55.2 Å². The summed E-state index contributed by atoms with van der Waals surface area (Å²) in [6.45, 7) is 1.50. The van der Waals surface area contributed by atoms with Gasteiger partial charge in [-0.1, -0.05) is 24.3 Å². The van der Waals surface area contributed by atoms with E-state index in [0.29, 0.717) is 11.5 Å². The van der Waals surface area contributed by atoms with Crippen LogP contribution in [0.2, 0.25) is 0 Å². The molecule has 34 heavy (non-hydrogen) atoms. The van der Waals surface area contributed by atoms with Crippen molar-refractivity contribution in [2.75, 3.05) is 25.0 Å². The molecule has 1 fully saturated rings. The lowest BCUT2D eigenvalue weighted by Crippen LogP contribution is -2.40. The number of carbonyl (C=O) groups is 1. The zero-order valence-corrected chi connectivity index (χ0v) is 19.2. The summed E-state index contributed by atoms with van der Waals surface area (Å²) < 4.78 is 1.80. The molecule has 2 aromatic carbocycles. The molecule has 8 nitrogen and oxygen atoms in total.